The van der Waals surface area contributed by atoms with Crippen LogP contribution in [-0.4, -0.2) is 54.2 Å². The van der Waals surface area contributed by atoms with Crippen LogP contribution in [0.4, 0.5) is 4.79 Å². The molecule has 1 aliphatic carbocycles. The molecule has 0 radical (unpaired) electrons. The molecule has 0 aromatic heterocycles. The van der Waals surface area contributed by atoms with Crippen LogP contribution in [0.2, 0.25) is 0 Å². The summed E-state index contributed by atoms with van der Waals surface area (Å²) in [5.74, 6) is -0.233. The predicted octanol–water partition coefficient (Wildman–Crippen LogP) is 5.14. The van der Waals surface area contributed by atoms with E-state index in [1.54, 1.807) is 20.0 Å². The Balaban J connectivity index is 2.17. The molecule has 9 heteroatoms. The standard InChI is InChI=1S/C28H43N3O6/c1-7-12-23(24(32)35-8-2)37-30-25(29)28(31(6)26(33)36-27(3,4)5)17-15-22(16-18-28)20-34-19-21-13-10-9-11-14-21/h9-14,22H,7-8,15-20H2,1-6H3,(H2,29,30)/b23-12+. The van der Waals surface area contributed by atoms with Crippen LogP contribution in [0, 0.1) is 5.92 Å². The lowest BCUT2D eigenvalue weighted by molar-refractivity contribution is -0.142. The van der Waals surface area contributed by atoms with Gasteiger partial charge >= 0.3 is 12.1 Å². The number of rotatable bonds is 11. The van der Waals surface area contributed by atoms with Crippen molar-refractivity contribution in [2.24, 2.45) is 16.8 Å². The highest BCUT2D eigenvalue weighted by molar-refractivity contribution is 5.93. The second-order valence-electron chi connectivity index (χ2n) is 10.3. The Labute approximate surface area is 220 Å². The van der Waals surface area contributed by atoms with Gasteiger partial charge in [0.05, 0.1) is 13.2 Å². The largest absolute Gasteiger partial charge is 0.460 e. The van der Waals surface area contributed by atoms with Crippen LogP contribution in [0.25, 0.3) is 0 Å². The molecule has 1 saturated carbocycles. The summed E-state index contributed by atoms with van der Waals surface area (Å²) in [6.07, 6.45) is 4.28. The molecule has 0 spiro atoms. The number of amidine groups is 1. The fraction of sp³-hybridized carbons (Fsp3) is 0.607. The van der Waals surface area contributed by atoms with Crippen molar-refractivity contribution in [3.63, 3.8) is 0 Å². The van der Waals surface area contributed by atoms with E-state index < -0.39 is 23.2 Å². The van der Waals surface area contributed by atoms with Crippen molar-refractivity contribution in [3.05, 3.63) is 47.7 Å². The van der Waals surface area contributed by atoms with E-state index in [1.165, 1.54) is 4.90 Å². The minimum Gasteiger partial charge on any atom is -0.460 e. The fourth-order valence-electron chi connectivity index (χ4n) is 4.24. The molecule has 1 amide bonds. The molecule has 1 fully saturated rings. The zero-order chi connectivity index (χ0) is 27.5. The number of likely N-dealkylation sites (N-methyl/N-ethyl adjacent to an activating group) is 1. The van der Waals surface area contributed by atoms with Gasteiger partial charge in [0.15, 0.2) is 5.84 Å². The molecule has 206 valence electrons. The third-order valence-electron chi connectivity index (χ3n) is 6.29. The number of oxime groups is 1. The molecule has 2 rings (SSSR count). The quantitative estimate of drug-likeness (QED) is 0.108. The molecule has 9 nitrogen and oxygen atoms in total. The molecule has 0 bridgehead atoms. The highest BCUT2D eigenvalue weighted by Crippen LogP contribution is 2.37. The first-order chi connectivity index (χ1) is 17.5. The van der Waals surface area contributed by atoms with Gasteiger partial charge < -0.3 is 24.8 Å². The Morgan fingerprint density at radius 1 is 1.16 bits per heavy atom. The third-order valence-corrected chi connectivity index (χ3v) is 6.29. The number of hydrogen-bond donors (Lipinski definition) is 1. The number of nitrogens with zero attached hydrogens (tertiary/aromatic N) is 2. The van der Waals surface area contributed by atoms with Gasteiger partial charge in [-0.2, -0.15) is 0 Å². The van der Waals surface area contributed by atoms with E-state index in [0.717, 1.165) is 18.4 Å². The second kappa shape index (κ2) is 14.0. The lowest BCUT2D eigenvalue weighted by Gasteiger charge is -2.45. The number of esters is 1. The monoisotopic (exact) mass is 517 g/mol. The third kappa shape index (κ3) is 9.07. The Morgan fingerprint density at radius 3 is 2.38 bits per heavy atom. The number of hydrogen-bond acceptors (Lipinski definition) is 7. The van der Waals surface area contributed by atoms with Gasteiger partial charge in [0.2, 0.25) is 5.76 Å². The zero-order valence-electron chi connectivity index (χ0n) is 23.1. The molecule has 1 aliphatic rings. The van der Waals surface area contributed by atoms with Crippen molar-refractivity contribution >= 4 is 17.9 Å². The van der Waals surface area contributed by atoms with Crippen LogP contribution in [0.15, 0.2) is 47.3 Å². The average Bonchev–Trinajstić information content (AvgIpc) is 2.86. The number of allylic oxidation sites excluding steroid dienone is 1. The van der Waals surface area contributed by atoms with Gasteiger partial charge in [-0.3, -0.25) is 4.90 Å². The SMILES string of the molecule is CC/C=C(/O/N=C(\N)C1(N(C)C(=O)OC(C)(C)C)CCC(COCc2ccccc2)CC1)C(=O)OCC. The lowest BCUT2D eigenvalue weighted by Crippen LogP contribution is -2.60. The summed E-state index contributed by atoms with van der Waals surface area (Å²) in [5, 5.41) is 4.11. The maximum Gasteiger partial charge on any atom is 0.410 e. The molecule has 1 aromatic carbocycles. The van der Waals surface area contributed by atoms with Crippen molar-refractivity contribution in [3.8, 4) is 0 Å². The predicted molar refractivity (Wildman–Crippen MR) is 142 cm³/mol. The molecule has 0 atom stereocenters. The van der Waals surface area contributed by atoms with E-state index in [0.29, 0.717) is 38.4 Å². The van der Waals surface area contributed by atoms with Gasteiger partial charge in [-0.05, 0) is 77.4 Å². The molecule has 1 aromatic rings. The molecule has 0 unspecified atom stereocenters. The first-order valence-corrected chi connectivity index (χ1v) is 13.0. The Bertz CT molecular complexity index is 931. The molecule has 2 N–H and O–H groups in total. The summed E-state index contributed by atoms with van der Waals surface area (Å²) in [7, 11) is 1.66. The zero-order valence-corrected chi connectivity index (χ0v) is 23.1. The maximum absolute atomic E-state index is 13.1. The summed E-state index contributed by atoms with van der Waals surface area (Å²) in [6, 6.07) is 10.0. The number of nitrogens with two attached hydrogens (primary N) is 1. The van der Waals surface area contributed by atoms with Crippen molar-refractivity contribution < 1.29 is 28.6 Å². The van der Waals surface area contributed by atoms with Crippen LogP contribution in [0.3, 0.4) is 0 Å². The number of benzene rings is 1. The Morgan fingerprint density at radius 2 is 1.81 bits per heavy atom. The van der Waals surface area contributed by atoms with Crippen LogP contribution in [0.1, 0.15) is 72.3 Å². The first-order valence-electron chi connectivity index (χ1n) is 13.0. The topological polar surface area (TPSA) is 113 Å². The summed E-state index contributed by atoms with van der Waals surface area (Å²) in [5.41, 5.74) is 6.02. The molecule has 0 heterocycles. The van der Waals surface area contributed by atoms with Crippen LogP contribution in [-0.2, 0) is 30.4 Å². The van der Waals surface area contributed by atoms with E-state index >= 15 is 0 Å². The van der Waals surface area contributed by atoms with E-state index in [1.807, 2.05) is 58.0 Å². The van der Waals surface area contributed by atoms with Gasteiger partial charge in [-0.25, -0.2) is 9.59 Å². The normalized spacial score (nSPS) is 20.8. The van der Waals surface area contributed by atoms with Crippen molar-refractivity contribution in [2.75, 3.05) is 20.3 Å². The minimum absolute atomic E-state index is 0.0367. The van der Waals surface area contributed by atoms with Gasteiger partial charge in [-0.15, -0.1) is 0 Å². The van der Waals surface area contributed by atoms with Gasteiger partial charge in [0, 0.05) is 13.7 Å². The summed E-state index contributed by atoms with van der Waals surface area (Å²) in [6.45, 7) is 10.4. The molecule has 0 saturated heterocycles. The number of carbonyl (C=O) groups excluding carboxylic acids is 2. The molecule has 37 heavy (non-hydrogen) atoms. The smallest absolute Gasteiger partial charge is 0.410 e. The maximum atomic E-state index is 13.1. The lowest BCUT2D eigenvalue weighted by atomic mass is 9.75. The van der Waals surface area contributed by atoms with Gasteiger partial charge in [0.25, 0.3) is 0 Å². The summed E-state index contributed by atoms with van der Waals surface area (Å²) in [4.78, 5) is 32.2. The molecular formula is C28H43N3O6. The molecular weight excluding hydrogens is 474 g/mol. The minimum atomic E-state index is -0.926. The van der Waals surface area contributed by atoms with Crippen molar-refractivity contribution in [2.45, 2.75) is 84.5 Å². The fourth-order valence-corrected chi connectivity index (χ4v) is 4.24. The second-order valence-corrected chi connectivity index (χ2v) is 10.3. The van der Waals surface area contributed by atoms with Crippen LogP contribution in [0.5, 0.6) is 0 Å². The van der Waals surface area contributed by atoms with Gasteiger partial charge in [-0.1, -0.05) is 42.4 Å². The Kier molecular flexibility index (Phi) is 11.4. The number of ether oxygens (including phenoxy) is 3. The highest BCUT2D eigenvalue weighted by atomic mass is 16.7. The number of amides is 1. The highest BCUT2D eigenvalue weighted by Gasteiger charge is 2.46. The first kappa shape index (κ1) is 30.2. The molecule has 0 aliphatic heterocycles. The summed E-state index contributed by atoms with van der Waals surface area (Å²) >= 11 is 0. The van der Waals surface area contributed by atoms with Gasteiger partial charge in [0.1, 0.15) is 11.1 Å². The van der Waals surface area contributed by atoms with E-state index in [-0.39, 0.29) is 18.2 Å². The average molecular weight is 518 g/mol. The Hall–Kier alpha value is -3.07. The summed E-state index contributed by atoms with van der Waals surface area (Å²) < 4.78 is 16.6. The van der Waals surface area contributed by atoms with Crippen molar-refractivity contribution in [1.29, 1.82) is 0 Å². The van der Waals surface area contributed by atoms with E-state index in [2.05, 4.69) is 5.16 Å². The van der Waals surface area contributed by atoms with E-state index in [9.17, 15) is 9.59 Å². The van der Waals surface area contributed by atoms with E-state index in [4.69, 9.17) is 24.8 Å². The van der Waals surface area contributed by atoms with Crippen molar-refractivity contribution in [1.82, 2.24) is 4.90 Å². The van der Waals surface area contributed by atoms with Crippen LogP contribution >= 0.6 is 0 Å². The van der Waals surface area contributed by atoms with Crippen LogP contribution < -0.4 is 5.73 Å². The number of carbonyl (C=O) groups is 2.